The molecule has 0 unspecified atom stereocenters. The van der Waals surface area contributed by atoms with E-state index in [-0.39, 0.29) is 0 Å². The summed E-state index contributed by atoms with van der Waals surface area (Å²) < 4.78 is 20.6. The van der Waals surface area contributed by atoms with E-state index in [1.165, 1.54) is 35.2 Å². The van der Waals surface area contributed by atoms with E-state index in [0.29, 0.717) is 0 Å². The van der Waals surface area contributed by atoms with Gasteiger partial charge in [0.15, 0.2) is 0 Å². The summed E-state index contributed by atoms with van der Waals surface area (Å²) >= 11 is 0. The predicted molar refractivity (Wildman–Crippen MR) is 62.8 cm³/mol. The van der Waals surface area contributed by atoms with Crippen molar-refractivity contribution in [1.29, 1.82) is 0 Å². The fourth-order valence-corrected chi connectivity index (χ4v) is 1.90. The Morgan fingerprint density at radius 1 is 1.31 bits per heavy atom. The van der Waals surface area contributed by atoms with Gasteiger partial charge in [-0.25, -0.2) is 13.4 Å². The SMILES string of the molecule is CN=S1(=O)C=CN(C(=O)OC(C)(C)C)C=C1. The average Bonchev–Trinajstić information content (AvgIpc) is 2.16. The molecule has 0 aromatic heterocycles. The van der Waals surface area contributed by atoms with Gasteiger partial charge >= 0.3 is 6.09 Å². The van der Waals surface area contributed by atoms with Crippen LogP contribution in [0, 0.1) is 0 Å². The highest BCUT2D eigenvalue weighted by molar-refractivity contribution is 7.99. The van der Waals surface area contributed by atoms with Gasteiger partial charge in [0.25, 0.3) is 0 Å². The average molecular weight is 244 g/mol. The molecule has 1 amide bonds. The van der Waals surface area contributed by atoms with Gasteiger partial charge in [-0.1, -0.05) is 0 Å². The molecule has 0 saturated carbocycles. The number of carbonyl (C=O) groups excluding carboxylic acids is 1. The highest BCUT2D eigenvalue weighted by Gasteiger charge is 2.21. The first kappa shape index (κ1) is 12.8. The van der Waals surface area contributed by atoms with Gasteiger partial charge in [0.05, 0.1) is 9.73 Å². The minimum atomic E-state index is -2.42. The molecule has 0 aromatic rings. The fraction of sp³-hybridized carbons (Fsp3) is 0.500. The first-order chi connectivity index (χ1) is 7.26. The highest BCUT2D eigenvalue weighted by Crippen LogP contribution is 2.14. The molecule has 0 N–H and O–H groups in total. The van der Waals surface area contributed by atoms with Crippen molar-refractivity contribution in [3.05, 3.63) is 23.2 Å². The third kappa shape index (κ3) is 3.37. The summed E-state index contributed by atoms with van der Waals surface area (Å²) in [5, 5.41) is 2.77. The van der Waals surface area contributed by atoms with Gasteiger partial charge in [-0.2, -0.15) is 0 Å². The zero-order chi connectivity index (χ0) is 12.4. The van der Waals surface area contributed by atoms with Gasteiger partial charge in [0, 0.05) is 30.3 Å². The molecule has 6 heteroatoms. The molecule has 1 rings (SSSR count). The zero-order valence-electron chi connectivity index (χ0n) is 9.84. The van der Waals surface area contributed by atoms with Crippen LogP contribution < -0.4 is 0 Å². The number of rotatable bonds is 0. The van der Waals surface area contributed by atoms with Crippen LogP contribution in [0.3, 0.4) is 0 Å². The van der Waals surface area contributed by atoms with Crippen LogP contribution in [0.25, 0.3) is 0 Å². The van der Waals surface area contributed by atoms with Crippen LogP contribution in [0.4, 0.5) is 4.79 Å². The van der Waals surface area contributed by atoms with Crippen LogP contribution in [0.2, 0.25) is 0 Å². The molecule has 90 valence electrons. The molecule has 0 fully saturated rings. The summed E-state index contributed by atoms with van der Waals surface area (Å²) in [7, 11) is -0.951. The maximum absolute atomic E-state index is 11.7. The van der Waals surface area contributed by atoms with Crippen molar-refractivity contribution in [2.24, 2.45) is 4.36 Å². The second-order valence-electron chi connectivity index (χ2n) is 4.25. The molecule has 1 heterocycles. The van der Waals surface area contributed by atoms with E-state index in [0.717, 1.165) is 0 Å². The molecule has 16 heavy (non-hydrogen) atoms. The molecule has 0 atom stereocenters. The van der Waals surface area contributed by atoms with Gasteiger partial charge in [-0.15, -0.1) is 0 Å². The van der Waals surface area contributed by atoms with Gasteiger partial charge in [-0.3, -0.25) is 4.90 Å². The lowest BCUT2D eigenvalue weighted by atomic mass is 10.2. The van der Waals surface area contributed by atoms with Crippen LogP contribution in [0.1, 0.15) is 20.8 Å². The fourth-order valence-electron chi connectivity index (χ4n) is 0.959. The lowest BCUT2D eigenvalue weighted by molar-refractivity contribution is 0.0400. The largest absolute Gasteiger partial charge is 0.443 e. The second kappa shape index (κ2) is 4.29. The number of nitrogens with zero attached hydrogens (tertiary/aromatic N) is 2. The Balaban J connectivity index is 2.76. The summed E-state index contributed by atoms with van der Waals surface area (Å²) in [6.07, 6.45) is 2.31. The van der Waals surface area contributed by atoms with Gasteiger partial charge in [0.1, 0.15) is 5.60 Å². The van der Waals surface area contributed by atoms with E-state index in [1.807, 2.05) is 0 Å². The van der Waals surface area contributed by atoms with Crippen LogP contribution >= 0.6 is 0 Å². The minimum Gasteiger partial charge on any atom is -0.443 e. The van der Waals surface area contributed by atoms with E-state index in [1.54, 1.807) is 20.8 Å². The summed E-state index contributed by atoms with van der Waals surface area (Å²) in [5.41, 5.74) is -0.549. The monoisotopic (exact) mass is 244 g/mol. The molecule has 0 aromatic carbocycles. The van der Waals surface area contributed by atoms with E-state index < -0.39 is 21.4 Å². The standard InChI is InChI=1S/C10H16N2O3S/c1-10(2,3)15-9(13)12-5-7-16(14,11-4)8-6-12/h5-8H,1-4H3. The van der Waals surface area contributed by atoms with Crippen molar-refractivity contribution in [2.75, 3.05) is 7.05 Å². The van der Waals surface area contributed by atoms with Gasteiger partial charge in [0.2, 0.25) is 0 Å². The summed E-state index contributed by atoms with van der Waals surface area (Å²) in [5.74, 6) is 0. The third-order valence-corrected chi connectivity index (χ3v) is 3.32. The Kier molecular flexibility index (Phi) is 3.42. The Labute approximate surface area is 96.0 Å². The quantitative estimate of drug-likeness (QED) is 0.656. The van der Waals surface area contributed by atoms with E-state index in [2.05, 4.69) is 4.36 Å². The third-order valence-electron chi connectivity index (χ3n) is 1.72. The smallest absolute Gasteiger partial charge is 0.418 e. The molecule has 0 saturated heterocycles. The summed E-state index contributed by atoms with van der Waals surface area (Å²) in [6.45, 7) is 5.35. The Bertz CT molecular complexity index is 431. The number of hydrogen-bond donors (Lipinski definition) is 0. The molecule has 1 aliphatic rings. The van der Waals surface area contributed by atoms with Crippen LogP contribution in [0.15, 0.2) is 27.6 Å². The molecular formula is C10H16N2O3S. The molecular weight excluding hydrogens is 228 g/mol. The normalized spacial score (nSPS) is 18.4. The number of ether oxygens (including phenoxy) is 1. The van der Waals surface area contributed by atoms with Crippen LogP contribution in [0.5, 0.6) is 0 Å². The zero-order valence-corrected chi connectivity index (χ0v) is 10.7. The molecule has 0 bridgehead atoms. The van der Waals surface area contributed by atoms with E-state index >= 15 is 0 Å². The Hall–Kier alpha value is -1.30. The maximum Gasteiger partial charge on any atom is 0.418 e. The van der Waals surface area contributed by atoms with E-state index in [4.69, 9.17) is 4.74 Å². The van der Waals surface area contributed by atoms with Crippen molar-refractivity contribution in [1.82, 2.24) is 4.90 Å². The van der Waals surface area contributed by atoms with Crippen molar-refractivity contribution in [3.63, 3.8) is 0 Å². The van der Waals surface area contributed by atoms with Crippen molar-refractivity contribution >= 4 is 15.8 Å². The lowest BCUT2D eigenvalue weighted by Gasteiger charge is -2.24. The van der Waals surface area contributed by atoms with E-state index in [9.17, 15) is 9.00 Å². The first-order valence-electron chi connectivity index (χ1n) is 4.79. The summed E-state index contributed by atoms with van der Waals surface area (Å²) in [4.78, 5) is 12.8. The number of amides is 1. The van der Waals surface area contributed by atoms with Crippen molar-refractivity contribution < 1.29 is 13.7 Å². The Morgan fingerprint density at radius 3 is 2.19 bits per heavy atom. The van der Waals surface area contributed by atoms with Crippen molar-refractivity contribution in [3.8, 4) is 0 Å². The summed E-state index contributed by atoms with van der Waals surface area (Å²) in [6, 6.07) is 0. The van der Waals surface area contributed by atoms with Crippen molar-refractivity contribution in [2.45, 2.75) is 26.4 Å². The number of hydrogen-bond acceptors (Lipinski definition) is 4. The maximum atomic E-state index is 11.7. The molecule has 5 nitrogen and oxygen atoms in total. The Morgan fingerprint density at radius 2 is 1.81 bits per heavy atom. The second-order valence-corrected chi connectivity index (χ2v) is 6.39. The molecule has 0 radical (unpaired) electrons. The number of carbonyl (C=O) groups is 1. The highest BCUT2D eigenvalue weighted by atomic mass is 32.2. The van der Waals surface area contributed by atoms with Crippen LogP contribution in [-0.2, 0) is 14.5 Å². The molecule has 0 spiro atoms. The van der Waals surface area contributed by atoms with Gasteiger partial charge < -0.3 is 4.74 Å². The molecule has 1 aliphatic heterocycles. The predicted octanol–water partition coefficient (Wildman–Crippen LogP) is 2.28. The lowest BCUT2D eigenvalue weighted by Crippen LogP contribution is -2.31. The topological polar surface area (TPSA) is 59.0 Å². The first-order valence-corrected chi connectivity index (χ1v) is 6.43. The van der Waals surface area contributed by atoms with Gasteiger partial charge in [-0.05, 0) is 20.8 Å². The van der Waals surface area contributed by atoms with Crippen LogP contribution in [-0.4, -0.2) is 27.9 Å². The minimum absolute atomic E-state index is 0.502. The molecule has 0 aliphatic carbocycles.